The van der Waals surface area contributed by atoms with Crippen LogP contribution in [-0.2, 0) is 14.3 Å². The first-order chi connectivity index (χ1) is 11.5. The molecule has 0 saturated carbocycles. The van der Waals surface area contributed by atoms with Crippen LogP contribution in [0.3, 0.4) is 0 Å². The van der Waals surface area contributed by atoms with Crippen molar-refractivity contribution in [1.82, 2.24) is 0 Å². The van der Waals surface area contributed by atoms with E-state index in [1.54, 1.807) is 0 Å². The molecule has 0 heterocycles. The highest BCUT2D eigenvalue weighted by Crippen LogP contribution is 2.12. The van der Waals surface area contributed by atoms with E-state index in [4.69, 9.17) is 10.5 Å². The van der Waals surface area contributed by atoms with Crippen molar-refractivity contribution in [1.29, 1.82) is 0 Å². The second kappa shape index (κ2) is 15.6. The molecule has 142 valence electrons. The van der Waals surface area contributed by atoms with Crippen molar-refractivity contribution in [2.75, 3.05) is 0 Å². The molecule has 0 aliphatic carbocycles. The highest BCUT2D eigenvalue weighted by atomic mass is 16.6. The van der Waals surface area contributed by atoms with Crippen molar-refractivity contribution in [3.8, 4) is 0 Å². The van der Waals surface area contributed by atoms with Crippen LogP contribution in [-0.4, -0.2) is 18.0 Å². The van der Waals surface area contributed by atoms with Crippen molar-refractivity contribution >= 4 is 11.9 Å². The fraction of sp³-hybridized carbons (Fsp3) is 0.900. The Labute approximate surface area is 148 Å². The van der Waals surface area contributed by atoms with Gasteiger partial charge in [-0.2, -0.15) is 0 Å². The van der Waals surface area contributed by atoms with Gasteiger partial charge in [0.15, 0.2) is 0 Å². The summed E-state index contributed by atoms with van der Waals surface area (Å²) in [5.74, 6) is -0.707. The maximum absolute atomic E-state index is 11.6. The number of nitrogens with two attached hydrogens (primary N) is 1. The standard InChI is InChI=1S/C20H39NO3/c1-4-5-6-7-8-9-10-11-12-13-14-15-19(22)24-20(23)18(21)16-17(2)3/h17-18H,4-16,21H2,1-3H3/t18-/m1/s1. The quantitative estimate of drug-likeness (QED) is 0.255. The van der Waals surface area contributed by atoms with E-state index < -0.39 is 18.0 Å². The number of hydrogen-bond donors (Lipinski definition) is 1. The minimum Gasteiger partial charge on any atom is -0.392 e. The van der Waals surface area contributed by atoms with E-state index in [1.165, 1.54) is 51.4 Å². The number of rotatable bonds is 15. The van der Waals surface area contributed by atoms with Crippen LogP contribution in [0.15, 0.2) is 0 Å². The predicted molar refractivity (Wildman–Crippen MR) is 99.6 cm³/mol. The van der Waals surface area contributed by atoms with Gasteiger partial charge < -0.3 is 10.5 Å². The molecule has 0 aromatic rings. The second-order valence-electron chi connectivity index (χ2n) is 7.31. The van der Waals surface area contributed by atoms with Crippen molar-refractivity contribution < 1.29 is 14.3 Å². The van der Waals surface area contributed by atoms with Crippen molar-refractivity contribution in [3.63, 3.8) is 0 Å². The van der Waals surface area contributed by atoms with Gasteiger partial charge in [0, 0.05) is 6.42 Å². The zero-order valence-electron chi connectivity index (χ0n) is 16.1. The molecule has 0 amide bonds. The number of esters is 2. The third kappa shape index (κ3) is 14.7. The summed E-state index contributed by atoms with van der Waals surface area (Å²) in [5.41, 5.74) is 5.70. The summed E-state index contributed by atoms with van der Waals surface area (Å²) in [6.07, 6.45) is 14.5. The molecule has 0 fully saturated rings. The highest BCUT2D eigenvalue weighted by molar-refractivity contribution is 5.88. The number of carbonyl (C=O) groups excluding carboxylic acids is 2. The van der Waals surface area contributed by atoms with Gasteiger partial charge in [-0.3, -0.25) is 4.79 Å². The van der Waals surface area contributed by atoms with Crippen LogP contribution >= 0.6 is 0 Å². The van der Waals surface area contributed by atoms with E-state index >= 15 is 0 Å². The molecule has 0 saturated heterocycles. The fourth-order valence-corrected chi connectivity index (χ4v) is 2.78. The molecule has 0 aliphatic rings. The molecule has 0 rings (SSSR count). The first-order valence-corrected chi connectivity index (χ1v) is 9.97. The molecule has 0 aliphatic heterocycles. The molecule has 24 heavy (non-hydrogen) atoms. The van der Waals surface area contributed by atoms with Crippen molar-refractivity contribution in [2.24, 2.45) is 11.7 Å². The first-order valence-electron chi connectivity index (χ1n) is 9.97. The number of ether oxygens (including phenoxy) is 1. The lowest BCUT2D eigenvalue weighted by molar-refractivity contribution is -0.160. The van der Waals surface area contributed by atoms with E-state index in [0.717, 1.165) is 19.3 Å². The summed E-state index contributed by atoms with van der Waals surface area (Å²) in [6, 6.07) is -0.689. The van der Waals surface area contributed by atoms with Crippen LogP contribution in [0, 0.1) is 5.92 Å². The molecular weight excluding hydrogens is 302 g/mol. The maximum atomic E-state index is 11.6. The zero-order chi connectivity index (χ0) is 18.2. The van der Waals surface area contributed by atoms with Gasteiger partial charge in [-0.1, -0.05) is 85.0 Å². The summed E-state index contributed by atoms with van der Waals surface area (Å²) in [7, 11) is 0. The van der Waals surface area contributed by atoms with Crippen LogP contribution in [0.5, 0.6) is 0 Å². The lowest BCUT2D eigenvalue weighted by atomic mass is 10.0. The molecule has 4 nitrogen and oxygen atoms in total. The molecule has 0 spiro atoms. The topological polar surface area (TPSA) is 69.4 Å². The zero-order valence-corrected chi connectivity index (χ0v) is 16.1. The molecule has 0 aromatic heterocycles. The van der Waals surface area contributed by atoms with Crippen LogP contribution < -0.4 is 5.73 Å². The molecule has 4 heteroatoms. The monoisotopic (exact) mass is 341 g/mol. The Morgan fingerprint density at radius 1 is 0.833 bits per heavy atom. The van der Waals surface area contributed by atoms with Crippen LogP contribution in [0.1, 0.15) is 104 Å². The maximum Gasteiger partial charge on any atom is 0.330 e. The summed E-state index contributed by atoms with van der Waals surface area (Å²) >= 11 is 0. The average molecular weight is 342 g/mol. The van der Waals surface area contributed by atoms with Gasteiger partial charge in [0.1, 0.15) is 6.04 Å². The number of unbranched alkanes of at least 4 members (excludes halogenated alkanes) is 10. The Bertz CT molecular complexity index is 329. The highest BCUT2D eigenvalue weighted by Gasteiger charge is 2.19. The SMILES string of the molecule is CCCCCCCCCCCCCC(=O)OC(=O)[C@H](N)CC(C)C. The summed E-state index contributed by atoms with van der Waals surface area (Å²) < 4.78 is 4.80. The normalized spacial score (nSPS) is 12.4. The molecule has 0 bridgehead atoms. The lowest BCUT2D eigenvalue weighted by Crippen LogP contribution is -2.34. The van der Waals surface area contributed by atoms with Gasteiger partial charge >= 0.3 is 11.9 Å². The molecule has 2 N–H and O–H groups in total. The lowest BCUT2D eigenvalue weighted by Gasteiger charge is -2.12. The Morgan fingerprint density at radius 2 is 1.29 bits per heavy atom. The van der Waals surface area contributed by atoms with Gasteiger partial charge in [0.05, 0.1) is 0 Å². The Kier molecular flexibility index (Phi) is 15.0. The van der Waals surface area contributed by atoms with Gasteiger partial charge in [-0.05, 0) is 18.8 Å². The largest absolute Gasteiger partial charge is 0.392 e. The van der Waals surface area contributed by atoms with Gasteiger partial charge in [0.25, 0.3) is 0 Å². The predicted octanol–water partition coefficient (Wildman–Crippen LogP) is 5.13. The minimum atomic E-state index is -0.689. The smallest absolute Gasteiger partial charge is 0.330 e. The van der Waals surface area contributed by atoms with Gasteiger partial charge in [-0.15, -0.1) is 0 Å². The van der Waals surface area contributed by atoms with Crippen molar-refractivity contribution in [3.05, 3.63) is 0 Å². The third-order valence-electron chi connectivity index (χ3n) is 4.23. The van der Waals surface area contributed by atoms with Crippen molar-refractivity contribution in [2.45, 2.75) is 110 Å². The van der Waals surface area contributed by atoms with Crippen LogP contribution in [0.25, 0.3) is 0 Å². The summed E-state index contributed by atoms with van der Waals surface area (Å²) in [4.78, 5) is 23.2. The van der Waals surface area contributed by atoms with Crippen LogP contribution in [0.4, 0.5) is 0 Å². The third-order valence-corrected chi connectivity index (χ3v) is 4.23. The van der Waals surface area contributed by atoms with Gasteiger partial charge in [0.2, 0.25) is 0 Å². The van der Waals surface area contributed by atoms with E-state index in [2.05, 4.69) is 6.92 Å². The average Bonchev–Trinajstić information content (AvgIpc) is 2.51. The van der Waals surface area contributed by atoms with E-state index in [9.17, 15) is 9.59 Å². The molecule has 0 unspecified atom stereocenters. The van der Waals surface area contributed by atoms with E-state index in [-0.39, 0.29) is 0 Å². The van der Waals surface area contributed by atoms with E-state index in [1.807, 2.05) is 13.8 Å². The molecule has 1 atom stereocenters. The first kappa shape index (κ1) is 23.1. The fourth-order valence-electron chi connectivity index (χ4n) is 2.78. The molecule has 0 radical (unpaired) electrons. The second-order valence-corrected chi connectivity index (χ2v) is 7.31. The minimum absolute atomic E-state index is 0.314. The summed E-state index contributed by atoms with van der Waals surface area (Å²) in [6.45, 7) is 6.21. The molecular formula is C20H39NO3. The summed E-state index contributed by atoms with van der Waals surface area (Å²) in [5, 5.41) is 0. The van der Waals surface area contributed by atoms with E-state index in [0.29, 0.717) is 18.8 Å². The Hall–Kier alpha value is -0.900. The Morgan fingerprint density at radius 3 is 1.75 bits per heavy atom. The molecule has 0 aromatic carbocycles. The Balaban J connectivity index is 3.44. The van der Waals surface area contributed by atoms with Gasteiger partial charge in [-0.25, -0.2) is 4.79 Å². The van der Waals surface area contributed by atoms with Crippen LogP contribution in [0.2, 0.25) is 0 Å². The number of hydrogen-bond acceptors (Lipinski definition) is 4. The number of carbonyl (C=O) groups is 2.